The molecule has 1 unspecified atom stereocenters. The van der Waals surface area contributed by atoms with Crippen LogP contribution in [-0.2, 0) is 17.9 Å². The predicted octanol–water partition coefficient (Wildman–Crippen LogP) is 4.52. The maximum Gasteiger partial charge on any atom is 0.271 e. The third-order valence-corrected chi connectivity index (χ3v) is 7.48. The lowest BCUT2D eigenvalue weighted by Gasteiger charge is -2.24. The maximum absolute atomic E-state index is 13.5. The molecule has 176 valence electrons. The number of nitrogens with one attached hydrogen (secondary N) is 1. The summed E-state index contributed by atoms with van der Waals surface area (Å²) in [5.41, 5.74) is 6.24. The number of fused-ring (bicyclic) bond motifs is 1. The molecule has 3 heterocycles. The van der Waals surface area contributed by atoms with E-state index in [1.54, 1.807) is 20.8 Å². The summed E-state index contributed by atoms with van der Waals surface area (Å²) in [5, 5.41) is 13.2. The first kappa shape index (κ1) is 22.8. The van der Waals surface area contributed by atoms with Gasteiger partial charge in [0.2, 0.25) is 5.91 Å². The lowest BCUT2D eigenvalue weighted by molar-refractivity contribution is -0.125. The third-order valence-electron chi connectivity index (χ3n) is 6.50. The van der Waals surface area contributed by atoms with E-state index in [1.165, 1.54) is 0 Å². The number of hydrogen-bond acceptors (Lipinski definition) is 5. The highest BCUT2D eigenvalue weighted by Crippen LogP contribution is 2.28. The zero-order valence-electron chi connectivity index (χ0n) is 19.4. The summed E-state index contributed by atoms with van der Waals surface area (Å²) in [6.45, 7) is 2.99. The van der Waals surface area contributed by atoms with Crippen LogP contribution < -0.4 is 5.32 Å². The summed E-state index contributed by atoms with van der Waals surface area (Å²) in [5.74, 6) is -0.362. The molecule has 7 nitrogen and oxygen atoms in total. The Hall–Kier alpha value is -3.96. The van der Waals surface area contributed by atoms with Crippen LogP contribution in [0.4, 0.5) is 0 Å². The molecule has 35 heavy (non-hydrogen) atoms. The van der Waals surface area contributed by atoms with Gasteiger partial charge in [0.1, 0.15) is 18.3 Å². The van der Waals surface area contributed by atoms with Crippen LogP contribution in [0.1, 0.15) is 34.6 Å². The molecule has 1 N–H and O–H groups in total. The number of likely N-dealkylation sites (tertiary alicyclic amines) is 1. The molecular formula is C27H25N5O2S. The van der Waals surface area contributed by atoms with Crippen LogP contribution in [0.25, 0.3) is 21.3 Å². The first-order valence-electron chi connectivity index (χ1n) is 11.6. The molecule has 1 saturated heterocycles. The van der Waals surface area contributed by atoms with E-state index in [0.717, 1.165) is 39.0 Å². The van der Waals surface area contributed by atoms with Gasteiger partial charge in [-0.1, -0.05) is 42.5 Å². The van der Waals surface area contributed by atoms with Gasteiger partial charge in [0.05, 0.1) is 22.2 Å². The topological polar surface area (TPSA) is 91.0 Å². The monoisotopic (exact) mass is 483 g/mol. The van der Waals surface area contributed by atoms with Gasteiger partial charge in [-0.05, 0) is 43.0 Å². The summed E-state index contributed by atoms with van der Waals surface area (Å²) in [7, 11) is 0. The minimum atomic E-state index is -0.518. The van der Waals surface area contributed by atoms with Crippen molar-refractivity contribution in [2.45, 2.75) is 38.9 Å². The number of benzene rings is 2. The number of amides is 2. The smallest absolute Gasteiger partial charge is 0.271 e. The molecule has 8 heteroatoms. The van der Waals surface area contributed by atoms with Crippen molar-refractivity contribution in [3.63, 3.8) is 0 Å². The van der Waals surface area contributed by atoms with Gasteiger partial charge in [-0.15, -0.1) is 11.3 Å². The third kappa shape index (κ3) is 4.43. The van der Waals surface area contributed by atoms with Gasteiger partial charge in [-0.25, -0.2) is 4.98 Å². The molecule has 2 aromatic carbocycles. The molecule has 1 fully saturated rings. The van der Waals surface area contributed by atoms with Crippen molar-refractivity contribution in [2.75, 3.05) is 6.54 Å². The van der Waals surface area contributed by atoms with E-state index < -0.39 is 6.04 Å². The standard InChI is InChI=1S/C27H25N5O2S/c1-18-25(35-17-30-18)20-10-8-19(9-11-20)16-29-26(33)23-7-4-13-32(23)27(34)24-15-21-5-2-3-6-22(21)31(24)14-12-28/h2-3,5-6,8-11,15,17,23H,4,7,13-14,16H2,1H3,(H,29,33). The largest absolute Gasteiger partial charge is 0.350 e. The van der Waals surface area contributed by atoms with Crippen molar-refractivity contribution < 1.29 is 9.59 Å². The zero-order valence-corrected chi connectivity index (χ0v) is 20.2. The maximum atomic E-state index is 13.5. The molecule has 1 atom stereocenters. The summed E-state index contributed by atoms with van der Waals surface area (Å²) >= 11 is 1.61. The van der Waals surface area contributed by atoms with Crippen LogP contribution in [0.3, 0.4) is 0 Å². The number of carbonyl (C=O) groups is 2. The second kappa shape index (κ2) is 9.72. The Kier molecular flexibility index (Phi) is 6.34. The number of nitrogens with zero attached hydrogens (tertiary/aromatic N) is 4. The number of thiazole rings is 1. The number of nitriles is 1. The van der Waals surface area contributed by atoms with Crippen molar-refractivity contribution in [2.24, 2.45) is 0 Å². The summed E-state index contributed by atoms with van der Waals surface area (Å²) in [6.07, 6.45) is 1.39. The average Bonchev–Trinajstić information content (AvgIpc) is 3.62. The predicted molar refractivity (Wildman–Crippen MR) is 136 cm³/mol. The van der Waals surface area contributed by atoms with E-state index in [9.17, 15) is 14.9 Å². The van der Waals surface area contributed by atoms with E-state index in [-0.39, 0.29) is 18.4 Å². The molecule has 0 spiro atoms. The molecule has 2 aromatic heterocycles. The van der Waals surface area contributed by atoms with Gasteiger partial charge in [0, 0.05) is 24.0 Å². The highest BCUT2D eigenvalue weighted by Gasteiger charge is 2.35. The van der Waals surface area contributed by atoms with Gasteiger partial charge < -0.3 is 14.8 Å². The average molecular weight is 484 g/mol. The van der Waals surface area contributed by atoms with Crippen molar-refractivity contribution in [1.29, 1.82) is 5.26 Å². The second-order valence-electron chi connectivity index (χ2n) is 8.67. The van der Waals surface area contributed by atoms with Crippen molar-refractivity contribution in [1.82, 2.24) is 19.8 Å². The van der Waals surface area contributed by atoms with Crippen LogP contribution in [0.2, 0.25) is 0 Å². The van der Waals surface area contributed by atoms with E-state index in [4.69, 9.17) is 0 Å². The number of aromatic nitrogens is 2. The quantitative estimate of drug-likeness (QED) is 0.437. The van der Waals surface area contributed by atoms with Crippen molar-refractivity contribution in [3.8, 4) is 16.5 Å². The highest BCUT2D eigenvalue weighted by atomic mass is 32.1. The fraction of sp³-hybridized carbons (Fsp3) is 0.259. The van der Waals surface area contributed by atoms with E-state index in [1.807, 2.05) is 67.0 Å². The van der Waals surface area contributed by atoms with Gasteiger partial charge >= 0.3 is 0 Å². The normalized spacial score (nSPS) is 15.3. The van der Waals surface area contributed by atoms with Gasteiger partial charge in [-0.3, -0.25) is 9.59 Å². The van der Waals surface area contributed by atoms with E-state index in [0.29, 0.717) is 25.2 Å². The van der Waals surface area contributed by atoms with Crippen molar-refractivity contribution >= 4 is 34.1 Å². The van der Waals surface area contributed by atoms with E-state index in [2.05, 4.69) is 16.4 Å². The number of aryl methyl sites for hydroxylation is 1. The van der Waals surface area contributed by atoms with Gasteiger partial charge in [0.25, 0.3) is 5.91 Å². The molecule has 1 aliphatic rings. The van der Waals surface area contributed by atoms with Crippen LogP contribution in [0.5, 0.6) is 0 Å². The number of carbonyl (C=O) groups excluding carboxylic acids is 2. The number of rotatable bonds is 6. The summed E-state index contributed by atoms with van der Waals surface area (Å²) in [6, 6.07) is 19.2. The first-order valence-corrected chi connectivity index (χ1v) is 12.5. The Morgan fingerprint density at radius 2 is 2.00 bits per heavy atom. The first-order chi connectivity index (χ1) is 17.1. The SMILES string of the molecule is Cc1ncsc1-c1ccc(CNC(=O)C2CCCN2C(=O)c2cc3ccccc3n2CC#N)cc1. The molecule has 0 aliphatic carbocycles. The summed E-state index contributed by atoms with van der Waals surface area (Å²) < 4.78 is 1.73. The zero-order chi connectivity index (χ0) is 24.4. The van der Waals surface area contributed by atoms with Gasteiger partial charge in [0.15, 0.2) is 0 Å². The molecule has 0 bridgehead atoms. The lowest BCUT2D eigenvalue weighted by atomic mass is 10.1. The molecular weight excluding hydrogens is 458 g/mol. The Morgan fingerprint density at radius 3 is 2.74 bits per heavy atom. The van der Waals surface area contributed by atoms with Gasteiger partial charge in [-0.2, -0.15) is 5.26 Å². The van der Waals surface area contributed by atoms with Crippen molar-refractivity contribution in [3.05, 3.63) is 77.1 Å². The van der Waals surface area contributed by atoms with Crippen LogP contribution in [0, 0.1) is 18.3 Å². The summed E-state index contributed by atoms with van der Waals surface area (Å²) in [4.78, 5) is 33.7. The van der Waals surface area contributed by atoms with E-state index >= 15 is 0 Å². The Morgan fingerprint density at radius 1 is 1.20 bits per heavy atom. The molecule has 1 aliphatic heterocycles. The lowest BCUT2D eigenvalue weighted by Crippen LogP contribution is -2.46. The Bertz CT molecular complexity index is 1430. The Labute approximate surface area is 207 Å². The van der Waals surface area contributed by atoms with Crippen LogP contribution in [0.15, 0.2) is 60.1 Å². The molecule has 0 radical (unpaired) electrons. The number of para-hydroxylation sites is 1. The highest BCUT2D eigenvalue weighted by molar-refractivity contribution is 7.13. The minimum Gasteiger partial charge on any atom is -0.350 e. The minimum absolute atomic E-state index is 0.0797. The Balaban J connectivity index is 1.28. The van der Waals surface area contributed by atoms with Crippen LogP contribution >= 0.6 is 11.3 Å². The fourth-order valence-corrected chi connectivity index (χ4v) is 5.53. The number of hydrogen-bond donors (Lipinski definition) is 1. The van der Waals surface area contributed by atoms with Crippen LogP contribution in [-0.4, -0.2) is 38.9 Å². The fourth-order valence-electron chi connectivity index (χ4n) is 4.72. The molecule has 5 rings (SSSR count). The molecule has 2 amide bonds. The molecule has 0 saturated carbocycles. The second-order valence-corrected chi connectivity index (χ2v) is 9.53. The molecule has 4 aromatic rings.